The van der Waals surface area contributed by atoms with Crippen LogP contribution in [0, 0.1) is 23.7 Å². The van der Waals surface area contributed by atoms with E-state index in [1.807, 2.05) is 56.0 Å². The molecule has 1 spiro atoms. The number of hydrogen-bond acceptors (Lipinski definition) is 7. The maximum Gasteiger partial charge on any atom is 0.275 e. The van der Waals surface area contributed by atoms with Gasteiger partial charge in [-0.05, 0) is 98.2 Å². The van der Waals surface area contributed by atoms with Crippen LogP contribution in [0.5, 0.6) is 0 Å². The van der Waals surface area contributed by atoms with Crippen molar-refractivity contribution in [3.63, 3.8) is 0 Å². The molecule has 2 amide bonds. The SMILES string of the molecule is Cc1cc(Cl)cc(C2=NC3(CCC(C(C)(C)C=O)CC3)N([C@H](CCC(C)(C)C)c3ccc(C(=O)NCc4nn[nH]n4)cc3)C2=O)c1. The van der Waals surface area contributed by atoms with Crippen LogP contribution in [0.2, 0.25) is 5.02 Å². The number of nitrogens with one attached hydrogen (secondary N) is 2. The van der Waals surface area contributed by atoms with Crippen LogP contribution in [0.4, 0.5) is 0 Å². The zero-order valence-electron chi connectivity index (χ0n) is 27.6. The molecule has 0 unspecified atom stereocenters. The normalized spacial score (nSPS) is 20.9. The summed E-state index contributed by atoms with van der Waals surface area (Å²) in [7, 11) is 0. The number of tetrazole rings is 1. The summed E-state index contributed by atoms with van der Waals surface area (Å²) < 4.78 is 0. The number of H-pyrrole nitrogens is 1. The van der Waals surface area contributed by atoms with Gasteiger partial charge in [0.15, 0.2) is 5.82 Å². The molecule has 46 heavy (non-hydrogen) atoms. The molecule has 0 saturated heterocycles. The highest BCUT2D eigenvalue weighted by atomic mass is 35.5. The maximum absolute atomic E-state index is 14.7. The van der Waals surface area contributed by atoms with Gasteiger partial charge in [0.2, 0.25) is 0 Å². The van der Waals surface area contributed by atoms with Crippen LogP contribution in [0.25, 0.3) is 0 Å². The van der Waals surface area contributed by atoms with E-state index in [9.17, 15) is 14.4 Å². The van der Waals surface area contributed by atoms with Crippen LogP contribution in [-0.4, -0.2) is 55.0 Å². The summed E-state index contributed by atoms with van der Waals surface area (Å²) in [5.74, 6) is 0.227. The number of hydrogen-bond donors (Lipinski definition) is 2. The lowest BCUT2D eigenvalue weighted by Gasteiger charge is -2.47. The maximum atomic E-state index is 14.7. The zero-order chi connectivity index (χ0) is 33.3. The molecule has 2 N–H and O–H groups in total. The Morgan fingerprint density at radius 1 is 1.13 bits per heavy atom. The number of amides is 2. The molecule has 2 aromatic carbocycles. The second kappa shape index (κ2) is 13.1. The first-order valence-electron chi connectivity index (χ1n) is 16.0. The summed E-state index contributed by atoms with van der Waals surface area (Å²) in [6, 6.07) is 12.9. The van der Waals surface area contributed by atoms with Gasteiger partial charge in [-0.2, -0.15) is 5.21 Å². The summed E-state index contributed by atoms with van der Waals surface area (Å²) in [5.41, 5.74) is 2.38. The van der Waals surface area contributed by atoms with Crippen LogP contribution >= 0.6 is 11.6 Å². The molecule has 1 fully saturated rings. The molecule has 1 aliphatic heterocycles. The number of halogens is 1. The Morgan fingerprint density at radius 2 is 1.83 bits per heavy atom. The first-order valence-corrected chi connectivity index (χ1v) is 16.4. The van der Waals surface area contributed by atoms with E-state index in [4.69, 9.17) is 16.6 Å². The number of aromatic nitrogens is 4. The third-order valence-corrected chi connectivity index (χ3v) is 9.70. The number of rotatable bonds is 10. The van der Waals surface area contributed by atoms with Gasteiger partial charge in [0.1, 0.15) is 17.7 Å². The summed E-state index contributed by atoms with van der Waals surface area (Å²) in [6.07, 6.45) is 5.54. The minimum absolute atomic E-state index is 0.0303. The molecule has 2 aliphatic rings. The van der Waals surface area contributed by atoms with E-state index in [1.165, 1.54) is 0 Å². The largest absolute Gasteiger partial charge is 0.345 e. The summed E-state index contributed by atoms with van der Waals surface area (Å²) in [6.45, 7) is 12.7. The molecule has 11 heteroatoms. The first-order chi connectivity index (χ1) is 21.7. The topological polar surface area (TPSA) is 133 Å². The third kappa shape index (κ3) is 7.22. The molecule has 0 bridgehead atoms. The van der Waals surface area contributed by atoms with Crippen molar-refractivity contribution in [1.82, 2.24) is 30.8 Å². The molecule has 3 aromatic rings. The average molecular weight is 646 g/mol. The van der Waals surface area contributed by atoms with Gasteiger partial charge in [-0.25, -0.2) is 0 Å². The second-order valence-corrected chi connectivity index (χ2v) is 15.0. The molecule has 1 saturated carbocycles. The Morgan fingerprint density at radius 3 is 2.41 bits per heavy atom. The van der Waals surface area contributed by atoms with Crippen LogP contribution in [0.1, 0.15) is 112 Å². The van der Waals surface area contributed by atoms with E-state index < -0.39 is 11.1 Å². The standard InChI is InChI=1S/C35H44ClN7O3/c1-22-17-25(19-27(36)18-22)30-32(46)43(35(38-30)15-11-26(12-16-35)34(5,6)21-44)28(13-14-33(2,3)4)23-7-9-24(10-8-23)31(45)37-20-29-39-41-42-40-29/h7-10,17-19,21,26,28H,11-16,20H2,1-6H3,(H,37,45)(H,39,40,41,42)/t26?,28-,35?/m1/s1. The van der Waals surface area contributed by atoms with Crippen molar-refractivity contribution in [3.8, 4) is 0 Å². The van der Waals surface area contributed by atoms with E-state index in [-0.39, 0.29) is 35.7 Å². The highest BCUT2D eigenvalue weighted by molar-refractivity contribution is 6.47. The van der Waals surface area contributed by atoms with Gasteiger partial charge in [-0.1, -0.05) is 63.6 Å². The number of aromatic amines is 1. The van der Waals surface area contributed by atoms with Crippen molar-refractivity contribution in [2.45, 2.75) is 98.3 Å². The third-order valence-electron chi connectivity index (χ3n) is 9.48. The zero-order valence-corrected chi connectivity index (χ0v) is 28.3. The number of carbonyl (C=O) groups excluding carboxylic acids is 3. The Kier molecular flexibility index (Phi) is 9.50. The number of nitrogens with zero attached hydrogens (tertiary/aromatic N) is 5. The number of benzene rings is 2. The summed E-state index contributed by atoms with van der Waals surface area (Å²) in [5, 5.41) is 17.0. The highest BCUT2D eigenvalue weighted by Crippen LogP contribution is 2.50. The molecular weight excluding hydrogens is 602 g/mol. The number of aryl methyl sites for hydroxylation is 1. The van der Waals surface area contributed by atoms with Gasteiger partial charge in [0.25, 0.3) is 11.8 Å². The summed E-state index contributed by atoms with van der Waals surface area (Å²) in [4.78, 5) is 46.8. The van der Waals surface area contributed by atoms with Crippen molar-refractivity contribution in [2.75, 3.05) is 0 Å². The van der Waals surface area contributed by atoms with E-state index in [0.717, 1.165) is 48.7 Å². The van der Waals surface area contributed by atoms with Crippen molar-refractivity contribution < 1.29 is 14.4 Å². The average Bonchev–Trinajstić information content (AvgIpc) is 3.62. The minimum atomic E-state index is -0.749. The molecule has 0 radical (unpaired) electrons. The van der Waals surface area contributed by atoms with Crippen molar-refractivity contribution in [3.05, 3.63) is 75.6 Å². The fourth-order valence-electron chi connectivity index (χ4n) is 6.77. The van der Waals surface area contributed by atoms with E-state index in [0.29, 0.717) is 35.0 Å². The molecule has 10 nitrogen and oxygen atoms in total. The molecule has 1 aliphatic carbocycles. The van der Waals surface area contributed by atoms with Gasteiger partial charge in [-0.3, -0.25) is 14.6 Å². The van der Waals surface area contributed by atoms with Gasteiger partial charge in [0.05, 0.1) is 12.6 Å². The van der Waals surface area contributed by atoms with Crippen molar-refractivity contribution in [2.24, 2.45) is 21.7 Å². The minimum Gasteiger partial charge on any atom is -0.345 e. The van der Waals surface area contributed by atoms with E-state index >= 15 is 0 Å². The van der Waals surface area contributed by atoms with Gasteiger partial charge < -0.3 is 15.0 Å². The number of aldehydes is 1. The summed E-state index contributed by atoms with van der Waals surface area (Å²) >= 11 is 6.47. The predicted octanol–water partition coefficient (Wildman–Crippen LogP) is 6.40. The lowest BCUT2D eigenvalue weighted by molar-refractivity contribution is -0.135. The Hall–Kier alpha value is -3.92. The molecule has 1 aromatic heterocycles. The quantitative estimate of drug-likeness (QED) is 0.245. The van der Waals surface area contributed by atoms with Gasteiger partial charge in [0, 0.05) is 21.6 Å². The van der Waals surface area contributed by atoms with Crippen molar-refractivity contribution in [1.29, 1.82) is 0 Å². The van der Waals surface area contributed by atoms with Gasteiger partial charge >= 0.3 is 0 Å². The highest BCUT2D eigenvalue weighted by Gasteiger charge is 2.53. The monoisotopic (exact) mass is 645 g/mol. The molecule has 5 rings (SSSR count). The Balaban J connectivity index is 1.51. The fraction of sp³-hybridized carbons (Fsp3) is 0.514. The van der Waals surface area contributed by atoms with Crippen LogP contribution < -0.4 is 5.32 Å². The van der Waals surface area contributed by atoms with Crippen LogP contribution in [0.15, 0.2) is 47.5 Å². The predicted molar refractivity (Wildman–Crippen MR) is 177 cm³/mol. The lowest BCUT2D eigenvalue weighted by Crippen LogP contribution is -2.51. The Labute approximate surface area is 275 Å². The van der Waals surface area contributed by atoms with Crippen molar-refractivity contribution >= 4 is 35.4 Å². The van der Waals surface area contributed by atoms with E-state index in [2.05, 4.69) is 46.7 Å². The Bertz CT molecular complexity index is 1580. The van der Waals surface area contributed by atoms with Crippen LogP contribution in [0.3, 0.4) is 0 Å². The number of carbonyl (C=O) groups is 3. The fourth-order valence-corrected chi connectivity index (χ4v) is 7.06. The van der Waals surface area contributed by atoms with Gasteiger partial charge in [-0.15, -0.1) is 10.2 Å². The molecule has 1 atom stereocenters. The molecule has 2 heterocycles. The number of aliphatic imine (C=N–C) groups is 1. The lowest BCUT2D eigenvalue weighted by atomic mass is 9.69. The van der Waals surface area contributed by atoms with Crippen LogP contribution in [-0.2, 0) is 16.1 Å². The smallest absolute Gasteiger partial charge is 0.275 e. The first kappa shape index (κ1) is 33.4. The molecule has 244 valence electrons. The van der Waals surface area contributed by atoms with E-state index in [1.54, 1.807) is 12.1 Å². The molecular formula is C35H44ClN7O3. The second-order valence-electron chi connectivity index (χ2n) is 14.6.